The van der Waals surface area contributed by atoms with Gasteiger partial charge in [-0.2, -0.15) is 0 Å². The van der Waals surface area contributed by atoms with Crippen LogP contribution in [0.1, 0.15) is 10.4 Å². The van der Waals surface area contributed by atoms with Crippen LogP contribution in [-0.2, 0) is 4.79 Å². The second kappa shape index (κ2) is 6.07. The molecule has 0 atom stereocenters. The summed E-state index contributed by atoms with van der Waals surface area (Å²) in [6.07, 6.45) is 1.37. The van der Waals surface area contributed by atoms with Crippen molar-refractivity contribution in [1.29, 1.82) is 0 Å². The van der Waals surface area contributed by atoms with Crippen molar-refractivity contribution in [1.82, 2.24) is 0 Å². The first kappa shape index (κ1) is 14.4. The number of fused-ring (bicyclic) bond motifs is 1. The number of carbonyl (C=O) groups excluding carboxylic acids is 2. The summed E-state index contributed by atoms with van der Waals surface area (Å²) >= 11 is 1.27. The summed E-state index contributed by atoms with van der Waals surface area (Å²) < 4.78 is 5.18. The van der Waals surface area contributed by atoms with Crippen molar-refractivity contribution in [2.75, 3.05) is 12.4 Å². The fraction of sp³-hybridized carbons (Fsp3) is 0.0588. The van der Waals surface area contributed by atoms with Gasteiger partial charge >= 0.3 is 0 Å². The Labute approximate surface area is 132 Å². The van der Waals surface area contributed by atoms with E-state index in [0.29, 0.717) is 16.2 Å². The average molecular weight is 311 g/mol. The molecule has 0 unspecified atom stereocenters. The molecule has 3 rings (SSSR count). The van der Waals surface area contributed by atoms with Crippen LogP contribution in [0.4, 0.5) is 5.69 Å². The first-order valence-corrected chi connectivity index (χ1v) is 7.47. The van der Waals surface area contributed by atoms with E-state index in [4.69, 9.17) is 4.74 Å². The number of hydrogen-bond donors (Lipinski definition) is 1. The van der Waals surface area contributed by atoms with Crippen molar-refractivity contribution in [3.05, 3.63) is 65.1 Å². The molecule has 0 saturated heterocycles. The molecule has 1 aliphatic heterocycles. The Morgan fingerprint density at radius 2 is 1.95 bits per heavy atom. The van der Waals surface area contributed by atoms with Crippen molar-refractivity contribution in [2.45, 2.75) is 4.90 Å². The van der Waals surface area contributed by atoms with Crippen LogP contribution < -0.4 is 10.1 Å². The van der Waals surface area contributed by atoms with Gasteiger partial charge in [-0.3, -0.25) is 9.59 Å². The Hall–Kier alpha value is -2.53. The summed E-state index contributed by atoms with van der Waals surface area (Å²) in [5, 5.41) is 2.78. The molecule has 2 aromatic carbocycles. The fourth-order valence-electron chi connectivity index (χ4n) is 2.07. The third-order valence-corrected chi connectivity index (χ3v) is 4.28. The smallest absolute Gasteiger partial charge is 0.262 e. The monoisotopic (exact) mass is 311 g/mol. The number of rotatable bonds is 3. The maximum Gasteiger partial charge on any atom is 0.262 e. The summed E-state index contributed by atoms with van der Waals surface area (Å²) in [5.74, 6) is 0.243. The third kappa shape index (κ3) is 2.89. The Morgan fingerprint density at radius 1 is 1.18 bits per heavy atom. The quantitative estimate of drug-likeness (QED) is 0.696. The van der Waals surface area contributed by atoms with Gasteiger partial charge in [0.2, 0.25) is 0 Å². The molecule has 110 valence electrons. The molecule has 4 nitrogen and oxygen atoms in total. The number of ketones is 1. The zero-order chi connectivity index (χ0) is 15.5. The molecule has 2 aromatic rings. The number of hydrogen-bond acceptors (Lipinski definition) is 4. The average Bonchev–Trinajstić information content (AvgIpc) is 2.56. The summed E-state index contributed by atoms with van der Waals surface area (Å²) in [6.45, 7) is 0. The molecule has 1 aliphatic rings. The van der Waals surface area contributed by atoms with Gasteiger partial charge < -0.3 is 10.1 Å². The van der Waals surface area contributed by atoms with Crippen LogP contribution in [0.3, 0.4) is 0 Å². The van der Waals surface area contributed by atoms with E-state index in [1.54, 1.807) is 43.5 Å². The molecule has 1 N–H and O–H groups in total. The topological polar surface area (TPSA) is 55.4 Å². The number of benzene rings is 2. The number of nitrogens with one attached hydrogen (secondary N) is 1. The van der Waals surface area contributed by atoms with Gasteiger partial charge in [-0.15, -0.1) is 0 Å². The standard InChI is InChI=1S/C17H13NO3S/c1-21-12-7-8-13-15(9-12)22-16(17(20)18-13)10-14(19)11-5-3-2-4-6-11/h2-10H,1H3,(H,18,20)/b16-10-. The minimum atomic E-state index is -0.271. The van der Waals surface area contributed by atoms with E-state index in [1.165, 1.54) is 17.8 Å². The van der Waals surface area contributed by atoms with Crippen LogP contribution in [0.25, 0.3) is 0 Å². The first-order valence-electron chi connectivity index (χ1n) is 6.65. The Morgan fingerprint density at radius 3 is 2.68 bits per heavy atom. The van der Waals surface area contributed by atoms with E-state index in [2.05, 4.69) is 5.32 Å². The molecule has 1 heterocycles. The van der Waals surface area contributed by atoms with Crippen LogP contribution in [0.2, 0.25) is 0 Å². The second-order valence-electron chi connectivity index (χ2n) is 4.66. The van der Waals surface area contributed by atoms with Crippen LogP contribution in [0.5, 0.6) is 5.75 Å². The Balaban J connectivity index is 1.90. The molecule has 0 aliphatic carbocycles. The second-order valence-corrected chi connectivity index (χ2v) is 5.74. The maximum absolute atomic E-state index is 12.2. The lowest BCUT2D eigenvalue weighted by molar-refractivity contribution is -0.112. The van der Waals surface area contributed by atoms with Crippen LogP contribution in [0.15, 0.2) is 64.4 Å². The lowest BCUT2D eigenvalue weighted by atomic mass is 10.1. The predicted octanol–water partition coefficient (Wildman–Crippen LogP) is 3.51. The van der Waals surface area contributed by atoms with Gasteiger partial charge in [0.1, 0.15) is 5.75 Å². The highest BCUT2D eigenvalue weighted by Gasteiger charge is 2.22. The third-order valence-electron chi connectivity index (χ3n) is 3.20. The van der Waals surface area contributed by atoms with Gasteiger partial charge in [-0.1, -0.05) is 42.1 Å². The highest BCUT2D eigenvalue weighted by atomic mass is 32.2. The minimum Gasteiger partial charge on any atom is -0.497 e. The molecule has 0 spiro atoms. The van der Waals surface area contributed by atoms with E-state index in [-0.39, 0.29) is 11.7 Å². The molecule has 1 amide bonds. The SMILES string of the molecule is COc1ccc2c(c1)S/C(=C\C(=O)c1ccccc1)C(=O)N2. The summed E-state index contributed by atoms with van der Waals surface area (Å²) in [6, 6.07) is 14.3. The van der Waals surface area contributed by atoms with Gasteiger partial charge in [0.25, 0.3) is 5.91 Å². The van der Waals surface area contributed by atoms with Crippen molar-refractivity contribution in [3.8, 4) is 5.75 Å². The van der Waals surface area contributed by atoms with E-state index < -0.39 is 0 Å². The summed E-state index contributed by atoms with van der Waals surface area (Å²) in [5.41, 5.74) is 1.28. The fourth-order valence-corrected chi connectivity index (χ4v) is 3.02. The molecule has 0 saturated carbocycles. The largest absolute Gasteiger partial charge is 0.497 e. The number of anilines is 1. The number of amides is 1. The van der Waals surface area contributed by atoms with E-state index in [1.807, 2.05) is 12.1 Å². The highest BCUT2D eigenvalue weighted by molar-refractivity contribution is 8.04. The molecule has 22 heavy (non-hydrogen) atoms. The van der Waals surface area contributed by atoms with E-state index in [9.17, 15) is 9.59 Å². The van der Waals surface area contributed by atoms with Crippen molar-refractivity contribution in [2.24, 2.45) is 0 Å². The van der Waals surface area contributed by atoms with Gasteiger partial charge in [-0.25, -0.2) is 0 Å². The molecule has 0 fully saturated rings. The number of methoxy groups -OCH3 is 1. The van der Waals surface area contributed by atoms with Crippen LogP contribution in [0, 0.1) is 0 Å². The van der Waals surface area contributed by atoms with E-state index >= 15 is 0 Å². The first-order chi connectivity index (χ1) is 10.7. The summed E-state index contributed by atoms with van der Waals surface area (Å²) in [4.78, 5) is 25.5. The summed E-state index contributed by atoms with van der Waals surface area (Å²) in [7, 11) is 1.59. The molecule has 0 bridgehead atoms. The van der Waals surface area contributed by atoms with Crippen molar-refractivity contribution < 1.29 is 14.3 Å². The number of allylic oxidation sites excluding steroid dienone is 1. The lowest BCUT2D eigenvalue weighted by Gasteiger charge is -2.19. The zero-order valence-corrected chi connectivity index (χ0v) is 12.6. The predicted molar refractivity (Wildman–Crippen MR) is 86.3 cm³/mol. The van der Waals surface area contributed by atoms with Crippen molar-refractivity contribution in [3.63, 3.8) is 0 Å². The van der Waals surface area contributed by atoms with Crippen molar-refractivity contribution >= 4 is 29.1 Å². The van der Waals surface area contributed by atoms with Gasteiger partial charge in [0.05, 0.1) is 17.7 Å². The van der Waals surface area contributed by atoms with E-state index in [0.717, 1.165) is 10.6 Å². The minimum absolute atomic E-state index is 0.190. The van der Waals surface area contributed by atoms with Gasteiger partial charge in [0.15, 0.2) is 5.78 Å². The molecular formula is C17H13NO3S. The van der Waals surface area contributed by atoms with Crippen LogP contribution in [-0.4, -0.2) is 18.8 Å². The molecule has 0 radical (unpaired) electrons. The zero-order valence-electron chi connectivity index (χ0n) is 11.8. The Kier molecular flexibility index (Phi) is 3.98. The number of thioether (sulfide) groups is 1. The number of ether oxygens (including phenoxy) is 1. The lowest BCUT2D eigenvalue weighted by Crippen LogP contribution is -2.18. The van der Waals surface area contributed by atoms with Gasteiger partial charge in [-0.05, 0) is 18.2 Å². The normalized spacial score (nSPS) is 15.1. The number of carbonyl (C=O) groups is 2. The molecule has 5 heteroatoms. The van der Waals surface area contributed by atoms with Gasteiger partial charge in [0, 0.05) is 16.5 Å². The Bertz CT molecular complexity index is 769. The maximum atomic E-state index is 12.2. The van der Waals surface area contributed by atoms with Crippen LogP contribution >= 0.6 is 11.8 Å². The molecular weight excluding hydrogens is 298 g/mol. The molecule has 0 aromatic heterocycles. The highest BCUT2D eigenvalue weighted by Crippen LogP contribution is 2.40.